The number of carbonyl (C=O) groups excluding carboxylic acids is 1. The Kier molecular flexibility index (Phi) is 4.33. The summed E-state index contributed by atoms with van der Waals surface area (Å²) in [6.45, 7) is 2.36. The highest BCUT2D eigenvalue weighted by molar-refractivity contribution is 5.89. The summed E-state index contributed by atoms with van der Waals surface area (Å²) in [6, 6.07) is 12.8. The van der Waals surface area contributed by atoms with E-state index in [9.17, 15) is 4.79 Å². The molecule has 4 nitrogen and oxygen atoms in total. The van der Waals surface area contributed by atoms with Gasteiger partial charge in [-0.3, -0.25) is 4.79 Å². The number of benzene rings is 2. The molecule has 0 amide bonds. The van der Waals surface area contributed by atoms with Gasteiger partial charge in [-0.05, 0) is 41.3 Å². The Morgan fingerprint density at radius 3 is 2.67 bits per heavy atom. The van der Waals surface area contributed by atoms with E-state index in [4.69, 9.17) is 10.5 Å². The van der Waals surface area contributed by atoms with E-state index in [1.165, 1.54) is 0 Å². The summed E-state index contributed by atoms with van der Waals surface area (Å²) >= 11 is 0. The van der Waals surface area contributed by atoms with Gasteiger partial charge < -0.3 is 5.32 Å². The van der Waals surface area contributed by atoms with Crippen molar-refractivity contribution in [3.05, 3.63) is 58.7 Å². The average molecular weight is 275 g/mol. The van der Waals surface area contributed by atoms with Crippen molar-refractivity contribution in [1.29, 1.82) is 10.5 Å². The van der Waals surface area contributed by atoms with Crippen LogP contribution in [-0.2, 0) is 6.54 Å². The zero-order valence-electron chi connectivity index (χ0n) is 11.6. The van der Waals surface area contributed by atoms with Crippen molar-refractivity contribution in [2.45, 2.75) is 13.5 Å². The number of rotatable bonds is 4. The van der Waals surface area contributed by atoms with Crippen LogP contribution in [-0.4, -0.2) is 6.29 Å². The van der Waals surface area contributed by atoms with Crippen molar-refractivity contribution in [2.24, 2.45) is 0 Å². The summed E-state index contributed by atoms with van der Waals surface area (Å²) in [5, 5.41) is 20.3. The van der Waals surface area contributed by atoms with Crippen LogP contribution < -0.4 is 5.32 Å². The minimum Gasteiger partial charge on any atom is -0.319 e. The minimum atomic E-state index is 0.400. The largest absolute Gasteiger partial charge is 0.319 e. The number of nitriles is 2. The van der Waals surface area contributed by atoms with Gasteiger partial charge in [-0.25, -0.2) is 0 Å². The van der Waals surface area contributed by atoms with Crippen molar-refractivity contribution >= 4 is 6.29 Å². The minimum absolute atomic E-state index is 0.400. The van der Waals surface area contributed by atoms with Crippen LogP contribution in [0.5, 0.6) is 0 Å². The van der Waals surface area contributed by atoms with Crippen molar-refractivity contribution in [3.8, 4) is 23.4 Å². The van der Waals surface area contributed by atoms with E-state index in [2.05, 4.69) is 5.32 Å². The molecule has 0 aliphatic rings. The molecule has 0 bridgehead atoms. The first-order chi connectivity index (χ1) is 10.2. The first-order valence-electron chi connectivity index (χ1n) is 6.41. The highest BCUT2D eigenvalue weighted by Crippen LogP contribution is 2.29. The van der Waals surface area contributed by atoms with Crippen LogP contribution in [0.25, 0.3) is 11.1 Å². The molecule has 0 unspecified atom stereocenters. The van der Waals surface area contributed by atoms with Gasteiger partial charge in [0.1, 0.15) is 0 Å². The molecular weight excluding hydrogens is 262 g/mol. The highest BCUT2D eigenvalue weighted by atomic mass is 16.1. The number of aldehydes is 1. The SMILES string of the molecule is Cc1cccc(-c2ccc(C#N)cc2C=O)c1CNC#N. The molecule has 21 heavy (non-hydrogen) atoms. The van der Waals surface area contributed by atoms with E-state index in [-0.39, 0.29) is 0 Å². The molecule has 2 aromatic carbocycles. The second-order valence-corrected chi connectivity index (χ2v) is 4.60. The van der Waals surface area contributed by atoms with E-state index < -0.39 is 0 Å². The summed E-state index contributed by atoms with van der Waals surface area (Å²) < 4.78 is 0. The number of hydrogen-bond acceptors (Lipinski definition) is 4. The first-order valence-corrected chi connectivity index (χ1v) is 6.41. The molecular formula is C17H13N3O. The zero-order chi connectivity index (χ0) is 15.2. The van der Waals surface area contributed by atoms with Crippen LogP contribution in [0, 0.1) is 29.7 Å². The van der Waals surface area contributed by atoms with E-state index in [1.807, 2.05) is 37.4 Å². The summed E-state index contributed by atoms with van der Waals surface area (Å²) in [4.78, 5) is 11.3. The molecule has 0 atom stereocenters. The lowest BCUT2D eigenvalue weighted by atomic mass is 9.92. The van der Waals surface area contributed by atoms with E-state index >= 15 is 0 Å². The predicted molar refractivity (Wildman–Crippen MR) is 79.2 cm³/mol. The van der Waals surface area contributed by atoms with Crippen molar-refractivity contribution < 1.29 is 4.79 Å². The summed E-state index contributed by atoms with van der Waals surface area (Å²) in [7, 11) is 0. The van der Waals surface area contributed by atoms with Crippen LogP contribution >= 0.6 is 0 Å². The Hall–Kier alpha value is -3.11. The zero-order valence-corrected chi connectivity index (χ0v) is 11.6. The molecule has 0 heterocycles. The molecule has 2 rings (SSSR count). The fourth-order valence-electron chi connectivity index (χ4n) is 2.29. The molecule has 4 heteroatoms. The molecule has 0 radical (unpaired) electrons. The van der Waals surface area contributed by atoms with Crippen LogP contribution in [0.4, 0.5) is 0 Å². The topological polar surface area (TPSA) is 76.7 Å². The normalized spacial score (nSPS) is 9.48. The fourth-order valence-corrected chi connectivity index (χ4v) is 2.29. The van der Waals surface area contributed by atoms with Crippen molar-refractivity contribution in [1.82, 2.24) is 5.32 Å². The van der Waals surface area contributed by atoms with E-state index in [0.29, 0.717) is 17.7 Å². The summed E-state index contributed by atoms with van der Waals surface area (Å²) in [5.74, 6) is 0. The molecule has 0 spiro atoms. The van der Waals surface area contributed by atoms with Gasteiger partial charge in [0.15, 0.2) is 12.5 Å². The van der Waals surface area contributed by atoms with Gasteiger partial charge in [0.05, 0.1) is 18.2 Å². The van der Waals surface area contributed by atoms with Gasteiger partial charge in [-0.1, -0.05) is 24.3 Å². The van der Waals surface area contributed by atoms with Crippen LogP contribution in [0.1, 0.15) is 27.0 Å². The van der Waals surface area contributed by atoms with Crippen LogP contribution in [0.15, 0.2) is 36.4 Å². The third-order valence-electron chi connectivity index (χ3n) is 3.35. The number of nitrogens with zero attached hydrogens (tertiary/aromatic N) is 2. The Labute approximate surface area is 123 Å². The molecule has 0 fully saturated rings. The van der Waals surface area contributed by atoms with Gasteiger partial charge >= 0.3 is 0 Å². The lowest BCUT2D eigenvalue weighted by Crippen LogP contribution is -2.08. The molecule has 0 aliphatic heterocycles. The first kappa shape index (κ1) is 14.3. The molecule has 1 N–H and O–H groups in total. The molecule has 2 aromatic rings. The van der Waals surface area contributed by atoms with Crippen LogP contribution in [0.2, 0.25) is 0 Å². The van der Waals surface area contributed by atoms with E-state index in [1.54, 1.807) is 18.2 Å². The fraction of sp³-hybridized carbons (Fsp3) is 0.118. The lowest BCUT2D eigenvalue weighted by Gasteiger charge is -2.14. The molecule has 102 valence electrons. The molecule has 0 saturated carbocycles. The third kappa shape index (κ3) is 2.91. The highest BCUT2D eigenvalue weighted by Gasteiger charge is 2.11. The van der Waals surface area contributed by atoms with Crippen LogP contribution in [0.3, 0.4) is 0 Å². The van der Waals surface area contributed by atoms with Crippen molar-refractivity contribution in [3.63, 3.8) is 0 Å². The van der Waals surface area contributed by atoms with Gasteiger partial charge in [0.25, 0.3) is 0 Å². The lowest BCUT2D eigenvalue weighted by molar-refractivity contribution is 0.112. The standard InChI is InChI=1S/C17H13N3O/c1-12-3-2-4-16(17(12)9-20-11-19)15-6-5-13(8-18)7-14(15)10-21/h2-7,10,20H,9H2,1H3. The maximum Gasteiger partial charge on any atom is 0.176 e. The monoisotopic (exact) mass is 275 g/mol. The predicted octanol–water partition coefficient (Wildman–Crippen LogP) is 2.92. The quantitative estimate of drug-likeness (QED) is 0.528. The number of nitrogens with one attached hydrogen (secondary N) is 1. The Balaban J connectivity index is 2.62. The van der Waals surface area contributed by atoms with E-state index in [0.717, 1.165) is 28.5 Å². The summed E-state index contributed by atoms with van der Waals surface area (Å²) in [5.41, 5.74) is 4.58. The third-order valence-corrected chi connectivity index (χ3v) is 3.35. The Morgan fingerprint density at radius 1 is 1.19 bits per heavy atom. The number of aryl methyl sites for hydroxylation is 1. The molecule has 0 aliphatic carbocycles. The summed E-state index contributed by atoms with van der Waals surface area (Å²) in [6.07, 6.45) is 2.66. The van der Waals surface area contributed by atoms with Gasteiger partial charge in [0.2, 0.25) is 0 Å². The van der Waals surface area contributed by atoms with Gasteiger partial charge in [-0.15, -0.1) is 0 Å². The second-order valence-electron chi connectivity index (χ2n) is 4.60. The Bertz CT molecular complexity index is 767. The van der Waals surface area contributed by atoms with Gasteiger partial charge in [0, 0.05) is 5.56 Å². The maximum absolute atomic E-state index is 11.3. The number of hydrogen-bond donors (Lipinski definition) is 1. The molecule has 0 aromatic heterocycles. The smallest absolute Gasteiger partial charge is 0.176 e. The number of carbonyl (C=O) groups is 1. The second kappa shape index (κ2) is 6.36. The average Bonchev–Trinajstić information content (AvgIpc) is 2.53. The molecule has 0 saturated heterocycles. The van der Waals surface area contributed by atoms with Crippen molar-refractivity contribution in [2.75, 3.05) is 0 Å². The maximum atomic E-state index is 11.3. The van der Waals surface area contributed by atoms with Gasteiger partial charge in [-0.2, -0.15) is 10.5 Å². The Morgan fingerprint density at radius 2 is 2.00 bits per heavy atom.